The summed E-state index contributed by atoms with van der Waals surface area (Å²) in [6.07, 6.45) is 2.97. The molecule has 0 saturated carbocycles. The van der Waals surface area contributed by atoms with Gasteiger partial charge in [-0.1, -0.05) is 35.9 Å². The Bertz CT molecular complexity index is 901. The number of benzene rings is 2. The number of nitrogens with zero attached hydrogens (tertiary/aromatic N) is 2. The topological polar surface area (TPSA) is 49.9 Å². The lowest BCUT2D eigenvalue weighted by atomic mass is 9.87. The minimum atomic E-state index is -0.130. The predicted molar refractivity (Wildman–Crippen MR) is 112 cm³/mol. The zero-order valence-corrected chi connectivity index (χ0v) is 17.2. The molecule has 1 saturated heterocycles. The van der Waals surface area contributed by atoms with Crippen molar-refractivity contribution in [3.8, 4) is 5.75 Å². The van der Waals surface area contributed by atoms with E-state index in [4.69, 9.17) is 4.74 Å². The highest BCUT2D eigenvalue weighted by Crippen LogP contribution is 2.37. The van der Waals surface area contributed by atoms with Crippen LogP contribution in [0.1, 0.15) is 48.1 Å². The minimum absolute atomic E-state index is 0.0423. The summed E-state index contributed by atoms with van der Waals surface area (Å²) in [4.78, 5) is 28.5. The lowest BCUT2D eigenvalue weighted by Crippen LogP contribution is -2.39. The predicted octanol–water partition coefficient (Wildman–Crippen LogP) is 3.49. The first-order chi connectivity index (χ1) is 14.0. The maximum atomic E-state index is 12.4. The van der Waals surface area contributed by atoms with Crippen LogP contribution in [0.2, 0.25) is 0 Å². The van der Waals surface area contributed by atoms with Crippen LogP contribution in [0.5, 0.6) is 5.75 Å². The summed E-state index contributed by atoms with van der Waals surface area (Å²) in [5.41, 5.74) is 4.60. The molecule has 0 aromatic heterocycles. The zero-order chi connectivity index (χ0) is 20.4. The summed E-state index contributed by atoms with van der Waals surface area (Å²) < 4.78 is 5.85. The van der Waals surface area contributed by atoms with E-state index < -0.39 is 0 Å². The molecule has 1 atom stereocenters. The van der Waals surface area contributed by atoms with Gasteiger partial charge in [0.25, 0.3) is 5.91 Å². The summed E-state index contributed by atoms with van der Waals surface area (Å²) >= 11 is 0. The molecule has 1 unspecified atom stereocenters. The average Bonchev–Trinajstić information content (AvgIpc) is 3.26. The molecule has 2 aromatic carbocycles. The van der Waals surface area contributed by atoms with Crippen molar-refractivity contribution in [1.82, 2.24) is 9.80 Å². The van der Waals surface area contributed by atoms with E-state index in [9.17, 15) is 9.59 Å². The highest BCUT2D eigenvalue weighted by molar-refractivity contribution is 5.78. The molecular formula is C24H28N2O3. The van der Waals surface area contributed by atoms with Crippen molar-refractivity contribution in [2.75, 3.05) is 26.2 Å². The maximum Gasteiger partial charge on any atom is 0.260 e. The van der Waals surface area contributed by atoms with Crippen molar-refractivity contribution in [2.45, 2.75) is 39.2 Å². The van der Waals surface area contributed by atoms with Crippen LogP contribution in [0.15, 0.2) is 42.5 Å². The van der Waals surface area contributed by atoms with Gasteiger partial charge in [0.1, 0.15) is 5.75 Å². The largest absolute Gasteiger partial charge is 0.484 e. The molecule has 2 aromatic rings. The van der Waals surface area contributed by atoms with Crippen LogP contribution in [-0.4, -0.2) is 47.9 Å². The molecule has 0 N–H and O–H groups in total. The number of carbonyl (C=O) groups is 2. The first-order valence-corrected chi connectivity index (χ1v) is 10.4. The van der Waals surface area contributed by atoms with E-state index in [1.807, 2.05) is 21.9 Å². The van der Waals surface area contributed by atoms with E-state index in [2.05, 4.69) is 37.3 Å². The Hall–Kier alpha value is -2.82. The van der Waals surface area contributed by atoms with Crippen molar-refractivity contribution in [3.05, 3.63) is 64.7 Å². The Morgan fingerprint density at radius 1 is 1.03 bits per heavy atom. The van der Waals surface area contributed by atoms with E-state index in [-0.39, 0.29) is 24.5 Å². The molecule has 152 valence electrons. The molecule has 2 aliphatic heterocycles. The second kappa shape index (κ2) is 8.27. The third kappa shape index (κ3) is 4.14. The third-order valence-corrected chi connectivity index (χ3v) is 5.96. The highest BCUT2D eigenvalue weighted by atomic mass is 16.5. The normalized spacial score (nSPS) is 18.5. The van der Waals surface area contributed by atoms with Gasteiger partial charge in [0.05, 0.1) is 6.04 Å². The van der Waals surface area contributed by atoms with Crippen molar-refractivity contribution in [2.24, 2.45) is 0 Å². The third-order valence-electron chi connectivity index (χ3n) is 5.96. The van der Waals surface area contributed by atoms with E-state index in [1.165, 1.54) is 11.1 Å². The number of rotatable bonds is 4. The molecule has 0 aliphatic carbocycles. The Morgan fingerprint density at radius 3 is 2.45 bits per heavy atom. The molecule has 0 radical (unpaired) electrons. The van der Waals surface area contributed by atoms with Gasteiger partial charge in [-0.2, -0.15) is 0 Å². The van der Waals surface area contributed by atoms with Gasteiger partial charge in [-0.05, 0) is 55.0 Å². The summed E-state index contributed by atoms with van der Waals surface area (Å²) in [6.45, 7) is 6.11. The van der Waals surface area contributed by atoms with Crippen LogP contribution < -0.4 is 4.74 Å². The Labute approximate surface area is 172 Å². The van der Waals surface area contributed by atoms with Crippen LogP contribution in [-0.2, 0) is 16.0 Å². The Morgan fingerprint density at radius 2 is 1.76 bits per heavy atom. The Balaban J connectivity index is 1.60. The van der Waals surface area contributed by atoms with Gasteiger partial charge in [-0.25, -0.2) is 0 Å². The molecule has 1 fully saturated rings. The van der Waals surface area contributed by atoms with E-state index >= 15 is 0 Å². The van der Waals surface area contributed by atoms with Gasteiger partial charge < -0.3 is 14.5 Å². The fourth-order valence-electron chi connectivity index (χ4n) is 4.33. The number of aryl methyl sites for hydroxylation is 1. The average molecular weight is 392 g/mol. The van der Waals surface area contributed by atoms with Crippen LogP contribution in [0.4, 0.5) is 0 Å². The second-order valence-corrected chi connectivity index (χ2v) is 8.01. The number of hydrogen-bond donors (Lipinski definition) is 0. The number of likely N-dealkylation sites (tertiary alicyclic amines) is 1. The molecule has 2 aliphatic rings. The van der Waals surface area contributed by atoms with Gasteiger partial charge in [-0.3, -0.25) is 9.59 Å². The SMILES string of the molecule is CC(=O)N1CCc2ccc(OCC(=O)N3CCCC3)cc2C1c1ccc(C)cc1. The molecule has 0 bridgehead atoms. The van der Waals surface area contributed by atoms with Crippen molar-refractivity contribution < 1.29 is 14.3 Å². The lowest BCUT2D eigenvalue weighted by Gasteiger charge is -2.37. The molecule has 4 rings (SSSR count). The summed E-state index contributed by atoms with van der Waals surface area (Å²) in [7, 11) is 0. The molecule has 29 heavy (non-hydrogen) atoms. The van der Waals surface area contributed by atoms with E-state index in [0.29, 0.717) is 12.3 Å². The standard InChI is InChI=1S/C24H28N2O3/c1-17-5-7-20(8-6-17)24-22-15-21(29-16-23(28)25-12-3-4-13-25)10-9-19(22)11-14-26(24)18(2)27/h5-10,15,24H,3-4,11-14,16H2,1-2H3. The number of hydrogen-bond acceptors (Lipinski definition) is 3. The van der Waals surface area contributed by atoms with Crippen LogP contribution >= 0.6 is 0 Å². The van der Waals surface area contributed by atoms with Gasteiger partial charge in [0.15, 0.2) is 6.61 Å². The fraction of sp³-hybridized carbons (Fsp3) is 0.417. The van der Waals surface area contributed by atoms with E-state index in [1.54, 1.807) is 6.92 Å². The molecule has 5 heteroatoms. The van der Waals surface area contributed by atoms with Gasteiger partial charge in [0.2, 0.25) is 5.91 Å². The first-order valence-electron chi connectivity index (χ1n) is 10.4. The van der Waals surface area contributed by atoms with Gasteiger partial charge >= 0.3 is 0 Å². The summed E-state index contributed by atoms with van der Waals surface area (Å²) in [5.74, 6) is 0.788. The van der Waals surface area contributed by atoms with Crippen LogP contribution in [0, 0.1) is 6.92 Å². The van der Waals surface area contributed by atoms with Crippen molar-refractivity contribution in [3.63, 3.8) is 0 Å². The van der Waals surface area contributed by atoms with Crippen molar-refractivity contribution in [1.29, 1.82) is 0 Å². The van der Waals surface area contributed by atoms with Crippen LogP contribution in [0.25, 0.3) is 0 Å². The first kappa shape index (κ1) is 19.5. The van der Waals surface area contributed by atoms with Crippen LogP contribution in [0.3, 0.4) is 0 Å². The highest BCUT2D eigenvalue weighted by Gasteiger charge is 2.31. The summed E-state index contributed by atoms with van der Waals surface area (Å²) in [6, 6.07) is 14.2. The van der Waals surface area contributed by atoms with Crippen molar-refractivity contribution >= 4 is 11.8 Å². The number of ether oxygens (including phenoxy) is 1. The van der Waals surface area contributed by atoms with E-state index in [0.717, 1.165) is 43.5 Å². The monoisotopic (exact) mass is 392 g/mol. The molecular weight excluding hydrogens is 364 g/mol. The second-order valence-electron chi connectivity index (χ2n) is 8.01. The molecule has 0 spiro atoms. The van der Waals surface area contributed by atoms with Gasteiger partial charge in [0, 0.05) is 26.6 Å². The molecule has 2 heterocycles. The quantitative estimate of drug-likeness (QED) is 0.800. The summed E-state index contributed by atoms with van der Waals surface area (Å²) in [5, 5.41) is 0. The smallest absolute Gasteiger partial charge is 0.260 e. The number of fused-ring (bicyclic) bond motifs is 1. The Kier molecular flexibility index (Phi) is 5.56. The maximum absolute atomic E-state index is 12.4. The lowest BCUT2D eigenvalue weighted by molar-refractivity contribution is -0.132. The fourth-order valence-corrected chi connectivity index (χ4v) is 4.33. The zero-order valence-electron chi connectivity index (χ0n) is 17.2. The number of amides is 2. The van der Waals surface area contributed by atoms with Gasteiger partial charge in [-0.15, -0.1) is 0 Å². The minimum Gasteiger partial charge on any atom is -0.484 e. The number of carbonyl (C=O) groups excluding carboxylic acids is 2. The molecule has 2 amide bonds. The molecule has 5 nitrogen and oxygen atoms in total.